The van der Waals surface area contributed by atoms with E-state index < -0.39 is 5.97 Å². The molecule has 9 heteroatoms. The van der Waals surface area contributed by atoms with Gasteiger partial charge in [0, 0.05) is 68.1 Å². The predicted octanol–water partition coefficient (Wildman–Crippen LogP) is 3.16. The van der Waals surface area contributed by atoms with E-state index in [1.54, 1.807) is 23.8 Å². The molecule has 0 atom stereocenters. The van der Waals surface area contributed by atoms with Crippen LogP contribution in [-0.4, -0.2) is 66.2 Å². The van der Waals surface area contributed by atoms with Gasteiger partial charge in [-0.15, -0.1) is 0 Å². The lowest BCUT2D eigenvalue weighted by Crippen LogP contribution is -2.48. The Labute approximate surface area is 223 Å². The zero-order valence-electron chi connectivity index (χ0n) is 21.7. The molecule has 2 heterocycles. The molecule has 0 radical (unpaired) electrons. The number of benzene rings is 1. The summed E-state index contributed by atoms with van der Waals surface area (Å²) >= 11 is 0. The summed E-state index contributed by atoms with van der Waals surface area (Å²) in [5.74, 6) is 5.64. The molecule has 0 bridgehead atoms. The van der Waals surface area contributed by atoms with Crippen molar-refractivity contribution in [2.75, 3.05) is 38.2 Å². The van der Waals surface area contributed by atoms with E-state index in [0.29, 0.717) is 38.0 Å². The van der Waals surface area contributed by atoms with Crippen LogP contribution in [-0.2, 0) is 19.1 Å². The highest BCUT2D eigenvalue weighted by molar-refractivity contribution is 5.86. The van der Waals surface area contributed by atoms with Crippen LogP contribution in [0.2, 0.25) is 0 Å². The van der Waals surface area contributed by atoms with Crippen molar-refractivity contribution in [1.82, 2.24) is 15.4 Å². The number of carbonyl (C=O) groups excluding carboxylic acids is 3. The minimum Gasteiger partial charge on any atom is -0.466 e. The molecule has 1 aromatic carbocycles. The maximum Gasteiger partial charge on any atom is 0.330 e. The Hall–Kier alpha value is -4.16. The summed E-state index contributed by atoms with van der Waals surface area (Å²) in [7, 11) is 1.33. The largest absolute Gasteiger partial charge is 0.466 e. The minimum atomic E-state index is -0.429. The zero-order valence-corrected chi connectivity index (χ0v) is 21.7. The SMILES string of the molecule is COC(=O)/C=C/c1ccc(C#Cc2ccc(N3CCN(C(=O)CCCCCCC(=O)NO)CC3)cc2)cn1. The van der Waals surface area contributed by atoms with Crippen LogP contribution in [0, 0.1) is 11.8 Å². The Morgan fingerprint density at radius 1 is 0.947 bits per heavy atom. The van der Waals surface area contributed by atoms with E-state index >= 15 is 0 Å². The maximum absolute atomic E-state index is 12.5. The normalized spacial score (nSPS) is 13.1. The molecule has 2 N–H and O–H groups in total. The second-order valence-electron chi connectivity index (χ2n) is 8.94. The first-order valence-electron chi connectivity index (χ1n) is 12.8. The van der Waals surface area contributed by atoms with Crippen LogP contribution in [0.1, 0.15) is 55.3 Å². The Morgan fingerprint density at radius 2 is 1.61 bits per heavy atom. The van der Waals surface area contributed by atoms with Crippen LogP contribution in [0.3, 0.4) is 0 Å². The fraction of sp³-hybridized carbons (Fsp3) is 0.379. The number of amides is 2. The second-order valence-corrected chi connectivity index (χ2v) is 8.94. The van der Waals surface area contributed by atoms with Gasteiger partial charge in [0.25, 0.3) is 0 Å². The van der Waals surface area contributed by atoms with Gasteiger partial charge in [-0.05, 0) is 55.3 Å². The first kappa shape index (κ1) is 28.4. The van der Waals surface area contributed by atoms with Crippen molar-refractivity contribution in [3.63, 3.8) is 0 Å². The molecular weight excluding hydrogens is 484 g/mol. The van der Waals surface area contributed by atoms with Gasteiger partial charge in [-0.1, -0.05) is 24.7 Å². The van der Waals surface area contributed by atoms with E-state index in [1.165, 1.54) is 13.2 Å². The van der Waals surface area contributed by atoms with Gasteiger partial charge < -0.3 is 14.5 Å². The lowest BCUT2D eigenvalue weighted by atomic mass is 10.1. The number of nitrogens with zero attached hydrogens (tertiary/aromatic N) is 3. The summed E-state index contributed by atoms with van der Waals surface area (Å²) < 4.78 is 4.57. The monoisotopic (exact) mass is 518 g/mol. The quantitative estimate of drug-likeness (QED) is 0.124. The van der Waals surface area contributed by atoms with E-state index in [1.807, 2.05) is 23.1 Å². The van der Waals surface area contributed by atoms with E-state index in [0.717, 1.165) is 49.2 Å². The first-order chi connectivity index (χ1) is 18.5. The molecule has 0 saturated carbocycles. The molecule has 9 nitrogen and oxygen atoms in total. The number of piperazine rings is 1. The standard InChI is InChI=1S/C29H34N4O5/c1-38-29(36)17-14-25-13-10-24(22-30-25)9-8-23-11-15-26(16-12-23)32-18-20-33(21-19-32)28(35)7-5-3-2-4-6-27(34)31-37/h10-17,22,37H,2-7,18-21H2,1H3,(H,31,34)/b17-14+. The predicted molar refractivity (Wildman–Crippen MR) is 144 cm³/mol. The summed E-state index contributed by atoms with van der Waals surface area (Å²) in [6, 6.07) is 11.7. The average molecular weight is 519 g/mol. The average Bonchev–Trinajstić information content (AvgIpc) is 2.97. The third-order valence-corrected chi connectivity index (χ3v) is 6.26. The number of hydrogen-bond acceptors (Lipinski definition) is 7. The molecule has 3 rings (SSSR count). The first-order valence-corrected chi connectivity index (χ1v) is 12.8. The Bertz CT molecular complexity index is 1160. The maximum atomic E-state index is 12.5. The third kappa shape index (κ3) is 9.37. The van der Waals surface area contributed by atoms with Gasteiger partial charge in [0.15, 0.2) is 0 Å². The lowest BCUT2D eigenvalue weighted by Gasteiger charge is -2.36. The number of aromatic nitrogens is 1. The van der Waals surface area contributed by atoms with Crippen molar-refractivity contribution in [2.24, 2.45) is 0 Å². The lowest BCUT2D eigenvalue weighted by molar-refractivity contribution is -0.135. The third-order valence-electron chi connectivity index (χ3n) is 6.26. The summed E-state index contributed by atoms with van der Waals surface area (Å²) in [5, 5.41) is 8.48. The fourth-order valence-corrected chi connectivity index (χ4v) is 4.04. The highest BCUT2D eigenvalue weighted by Gasteiger charge is 2.20. The van der Waals surface area contributed by atoms with Gasteiger partial charge >= 0.3 is 5.97 Å². The number of unbranched alkanes of at least 4 members (excludes halogenated alkanes) is 3. The number of anilines is 1. The topological polar surface area (TPSA) is 112 Å². The van der Waals surface area contributed by atoms with Gasteiger partial charge in [-0.2, -0.15) is 0 Å². The molecule has 38 heavy (non-hydrogen) atoms. The zero-order chi connectivity index (χ0) is 27.2. The number of rotatable bonds is 10. The number of carbonyl (C=O) groups is 3. The van der Waals surface area contributed by atoms with E-state index in [-0.39, 0.29) is 11.8 Å². The number of methoxy groups -OCH3 is 1. The molecular formula is C29H34N4O5. The van der Waals surface area contributed by atoms with Crippen LogP contribution in [0.15, 0.2) is 48.7 Å². The summed E-state index contributed by atoms with van der Waals surface area (Å²) in [6.45, 7) is 2.98. The Balaban J connectivity index is 1.40. The van der Waals surface area contributed by atoms with Crippen molar-refractivity contribution >= 4 is 29.5 Å². The van der Waals surface area contributed by atoms with Crippen LogP contribution in [0.25, 0.3) is 6.08 Å². The number of ether oxygens (including phenoxy) is 1. The van der Waals surface area contributed by atoms with Crippen molar-refractivity contribution in [1.29, 1.82) is 0 Å². The highest BCUT2D eigenvalue weighted by Crippen LogP contribution is 2.18. The van der Waals surface area contributed by atoms with Crippen molar-refractivity contribution < 1.29 is 24.3 Å². The molecule has 1 aliphatic rings. The van der Waals surface area contributed by atoms with Crippen molar-refractivity contribution in [3.05, 3.63) is 65.5 Å². The highest BCUT2D eigenvalue weighted by atomic mass is 16.5. The molecule has 2 amide bonds. The number of esters is 1. The molecule has 0 spiro atoms. The van der Waals surface area contributed by atoms with Gasteiger partial charge in [-0.3, -0.25) is 19.8 Å². The van der Waals surface area contributed by atoms with Gasteiger partial charge in [-0.25, -0.2) is 10.3 Å². The van der Waals surface area contributed by atoms with E-state index in [4.69, 9.17) is 5.21 Å². The van der Waals surface area contributed by atoms with Gasteiger partial charge in [0.1, 0.15) is 0 Å². The second kappa shape index (κ2) is 15.2. The van der Waals surface area contributed by atoms with Crippen LogP contribution in [0.4, 0.5) is 5.69 Å². The number of pyridine rings is 1. The fourth-order valence-electron chi connectivity index (χ4n) is 4.04. The molecule has 1 aliphatic heterocycles. The van der Waals surface area contributed by atoms with E-state index in [2.05, 4.69) is 38.6 Å². The molecule has 200 valence electrons. The number of hydroxylamine groups is 1. The Morgan fingerprint density at radius 3 is 2.24 bits per heavy atom. The summed E-state index contributed by atoms with van der Waals surface area (Å²) in [6.07, 6.45) is 8.71. The summed E-state index contributed by atoms with van der Waals surface area (Å²) in [4.78, 5) is 43.2. The van der Waals surface area contributed by atoms with Crippen LogP contribution < -0.4 is 10.4 Å². The van der Waals surface area contributed by atoms with Gasteiger partial charge in [0.05, 0.1) is 12.8 Å². The smallest absolute Gasteiger partial charge is 0.330 e. The Kier molecular flexibility index (Phi) is 11.3. The molecule has 0 unspecified atom stereocenters. The van der Waals surface area contributed by atoms with Gasteiger partial charge in [0.2, 0.25) is 11.8 Å². The molecule has 2 aromatic rings. The van der Waals surface area contributed by atoms with E-state index in [9.17, 15) is 14.4 Å². The van der Waals surface area contributed by atoms with Crippen LogP contribution >= 0.6 is 0 Å². The van der Waals surface area contributed by atoms with Crippen molar-refractivity contribution in [3.8, 4) is 11.8 Å². The molecule has 1 saturated heterocycles. The molecule has 1 aromatic heterocycles. The van der Waals surface area contributed by atoms with Crippen molar-refractivity contribution in [2.45, 2.75) is 38.5 Å². The summed E-state index contributed by atoms with van der Waals surface area (Å²) in [5.41, 5.74) is 5.06. The molecule has 1 fully saturated rings. The molecule has 0 aliphatic carbocycles. The number of hydrogen-bond donors (Lipinski definition) is 2. The minimum absolute atomic E-state index is 0.186. The van der Waals surface area contributed by atoms with Crippen LogP contribution in [0.5, 0.6) is 0 Å². The number of nitrogens with one attached hydrogen (secondary N) is 1.